The van der Waals surface area contributed by atoms with Crippen LogP contribution < -0.4 is 11.3 Å². The first-order chi connectivity index (χ1) is 8.69. The van der Waals surface area contributed by atoms with E-state index in [9.17, 15) is 4.39 Å². The molecule has 1 aromatic carbocycles. The van der Waals surface area contributed by atoms with Crippen LogP contribution in [0.5, 0.6) is 0 Å². The standard InChI is InChI=1S/C14H22ClFN2/c1-2-3-4-5-7-11(18-17)10-12-13(15)8-6-9-14(12)16/h6,8-9,11,18H,2-5,7,10,17H2,1H3. The number of hydrazine groups is 1. The maximum absolute atomic E-state index is 13.6. The number of hydrogen-bond donors (Lipinski definition) is 2. The fraction of sp³-hybridized carbons (Fsp3) is 0.571. The van der Waals surface area contributed by atoms with E-state index in [4.69, 9.17) is 17.4 Å². The predicted molar refractivity (Wildman–Crippen MR) is 75.0 cm³/mol. The summed E-state index contributed by atoms with van der Waals surface area (Å²) in [5.41, 5.74) is 3.31. The minimum absolute atomic E-state index is 0.0799. The van der Waals surface area contributed by atoms with Gasteiger partial charge in [0.1, 0.15) is 5.82 Å². The molecule has 0 aliphatic rings. The smallest absolute Gasteiger partial charge is 0.127 e. The molecule has 3 N–H and O–H groups in total. The van der Waals surface area contributed by atoms with E-state index in [1.165, 1.54) is 25.3 Å². The molecule has 0 aliphatic carbocycles. The first-order valence-corrected chi connectivity index (χ1v) is 6.95. The molecule has 0 fully saturated rings. The lowest BCUT2D eigenvalue weighted by Crippen LogP contribution is -2.37. The number of rotatable bonds is 8. The van der Waals surface area contributed by atoms with Crippen molar-refractivity contribution in [1.29, 1.82) is 0 Å². The van der Waals surface area contributed by atoms with Gasteiger partial charge in [0.05, 0.1) is 0 Å². The Morgan fingerprint density at radius 2 is 2.11 bits per heavy atom. The van der Waals surface area contributed by atoms with Gasteiger partial charge in [0.2, 0.25) is 0 Å². The Morgan fingerprint density at radius 3 is 2.72 bits per heavy atom. The van der Waals surface area contributed by atoms with Crippen molar-refractivity contribution < 1.29 is 4.39 Å². The zero-order valence-electron chi connectivity index (χ0n) is 10.9. The molecule has 0 saturated carbocycles. The molecule has 0 aliphatic heterocycles. The van der Waals surface area contributed by atoms with Crippen LogP contribution in [0.25, 0.3) is 0 Å². The van der Waals surface area contributed by atoms with Crippen LogP contribution in [0.1, 0.15) is 44.6 Å². The van der Waals surface area contributed by atoms with Gasteiger partial charge in [0.25, 0.3) is 0 Å². The molecule has 0 heterocycles. The number of benzene rings is 1. The van der Waals surface area contributed by atoms with E-state index in [1.807, 2.05) is 0 Å². The highest BCUT2D eigenvalue weighted by atomic mass is 35.5. The Hall–Kier alpha value is -0.640. The van der Waals surface area contributed by atoms with Gasteiger partial charge in [-0.25, -0.2) is 4.39 Å². The van der Waals surface area contributed by atoms with Crippen LogP contribution >= 0.6 is 11.6 Å². The lowest BCUT2D eigenvalue weighted by molar-refractivity contribution is 0.455. The van der Waals surface area contributed by atoms with Crippen molar-refractivity contribution in [3.63, 3.8) is 0 Å². The summed E-state index contributed by atoms with van der Waals surface area (Å²) >= 11 is 6.01. The molecule has 0 bridgehead atoms. The van der Waals surface area contributed by atoms with E-state index >= 15 is 0 Å². The molecular weight excluding hydrogens is 251 g/mol. The predicted octanol–water partition coefficient (Wildman–Crippen LogP) is 3.82. The molecule has 1 aromatic rings. The highest BCUT2D eigenvalue weighted by molar-refractivity contribution is 6.31. The zero-order chi connectivity index (χ0) is 13.4. The molecular formula is C14H22ClFN2. The van der Waals surface area contributed by atoms with Gasteiger partial charge in [-0.1, -0.05) is 50.3 Å². The van der Waals surface area contributed by atoms with Crippen LogP contribution in [0.4, 0.5) is 4.39 Å². The summed E-state index contributed by atoms with van der Waals surface area (Å²) in [5, 5.41) is 0.476. The lowest BCUT2D eigenvalue weighted by Gasteiger charge is -2.17. The van der Waals surface area contributed by atoms with Crippen molar-refractivity contribution in [3.05, 3.63) is 34.6 Å². The SMILES string of the molecule is CCCCCCC(Cc1c(F)cccc1Cl)NN. The van der Waals surface area contributed by atoms with Gasteiger partial charge in [-0.2, -0.15) is 0 Å². The molecule has 102 valence electrons. The van der Waals surface area contributed by atoms with Crippen LogP contribution in [-0.2, 0) is 6.42 Å². The average Bonchev–Trinajstić information content (AvgIpc) is 2.36. The molecule has 1 unspecified atom stereocenters. The second kappa shape index (κ2) is 8.46. The molecule has 0 radical (unpaired) electrons. The van der Waals surface area contributed by atoms with Crippen LogP contribution in [0, 0.1) is 5.82 Å². The van der Waals surface area contributed by atoms with Crippen molar-refractivity contribution in [2.24, 2.45) is 5.84 Å². The van der Waals surface area contributed by atoms with Gasteiger partial charge < -0.3 is 0 Å². The fourth-order valence-corrected chi connectivity index (χ4v) is 2.28. The van der Waals surface area contributed by atoms with Gasteiger partial charge in [0.15, 0.2) is 0 Å². The molecule has 0 saturated heterocycles. The van der Waals surface area contributed by atoms with E-state index in [0.717, 1.165) is 12.8 Å². The van der Waals surface area contributed by atoms with Crippen LogP contribution in [0.15, 0.2) is 18.2 Å². The van der Waals surface area contributed by atoms with E-state index in [-0.39, 0.29) is 11.9 Å². The van der Waals surface area contributed by atoms with Gasteiger partial charge >= 0.3 is 0 Å². The maximum atomic E-state index is 13.6. The number of nitrogens with two attached hydrogens (primary N) is 1. The molecule has 0 amide bonds. The normalized spacial score (nSPS) is 12.7. The maximum Gasteiger partial charge on any atom is 0.127 e. The highest BCUT2D eigenvalue weighted by Gasteiger charge is 2.13. The first-order valence-electron chi connectivity index (χ1n) is 6.58. The van der Waals surface area contributed by atoms with Gasteiger partial charge in [-0.15, -0.1) is 0 Å². The Kier molecular flexibility index (Phi) is 7.25. The summed E-state index contributed by atoms with van der Waals surface area (Å²) in [4.78, 5) is 0. The topological polar surface area (TPSA) is 38.0 Å². The van der Waals surface area contributed by atoms with Crippen molar-refractivity contribution >= 4 is 11.6 Å². The Morgan fingerprint density at radius 1 is 1.33 bits per heavy atom. The Balaban J connectivity index is 2.52. The van der Waals surface area contributed by atoms with E-state index in [2.05, 4.69) is 12.3 Å². The van der Waals surface area contributed by atoms with Gasteiger partial charge in [-0.3, -0.25) is 11.3 Å². The van der Waals surface area contributed by atoms with E-state index in [1.54, 1.807) is 12.1 Å². The monoisotopic (exact) mass is 272 g/mol. The largest absolute Gasteiger partial charge is 0.271 e. The van der Waals surface area contributed by atoms with E-state index in [0.29, 0.717) is 17.0 Å². The van der Waals surface area contributed by atoms with Crippen LogP contribution in [0.2, 0.25) is 5.02 Å². The quantitative estimate of drug-likeness (QED) is 0.429. The highest BCUT2D eigenvalue weighted by Crippen LogP contribution is 2.21. The van der Waals surface area contributed by atoms with Crippen molar-refractivity contribution in [2.75, 3.05) is 0 Å². The first kappa shape index (κ1) is 15.4. The van der Waals surface area contributed by atoms with Gasteiger partial charge in [0, 0.05) is 16.6 Å². The average molecular weight is 273 g/mol. The minimum atomic E-state index is -0.253. The van der Waals surface area contributed by atoms with Crippen molar-refractivity contribution in [1.82, 2.24) is 5.43 Å². The summed E-state index contributed by atoms with van der Waals surface area (Å²) in [5.74, 6) is 5.27. The van der Waals surface area contributed by atoms with Crippen molar-refractivity contribution in [2.45, 2.75) is 51.5 Å². The van der Waals surface area contributed by atoms with E-state index < -0.39 is 0 Å². The summed E-state index contributed by atoms with van der Waals surface area (Å²) in [6, 6.07) is 4.85. The van der Waals surface area contributed by atoms with Crippen molar-refractivity contribution in [3.8, 4) is 0 Å². The third-order valence-electron chi connectivity index (χ3n) is 3.15. The third-order valence-corrected chi connectivity index (χ3v) is 3.51. The van der Waals surface area contributed by atoms with Gasteiger partial charge in [-0.05, 0) is 25.0 Å². The number of nitrogens with one attached hydrogen (secondary N) is 1. The molecule has 2 nitrogen and oxygen atoms in total. The summed E-state index contributed by atoms with van der Waals surface area (Å²) in [7, 11) is 0. The summed E-state index contributed by atoms with van der Waals surface area (Å²) < 4.78 is 13.6. The summed E-state index contributed by atoms with van der Waals surface area (Å²) in [6.07, 6.45) is 6.22. The number of unbranched alkanes of at least 4 members (excludes halogenated alkanes) is 3. The number of halogens is 2. The molecule has 1 atom stereocenters. The Labute approximate surface area is 114 Å². The molecule has 4 heteroatoms. The second-order valence-electron chi connectivity index (χ2n) is 4.62. The molecule has 0 aromatic heterocycles. The second-order valence-corrected chi connectivity index (χ2v) is 5.02. The minimum Gasteiger partial charge on any atom is -0.271 e. The lowest BCUT2D eigenvalue weighted by atomic mass is 10.00. The molecule has 18 heavy (non-hydrogen) atoms. The molecule has 0 spiro atoms. The zero-order valence-corrected chi connectivity index (χ0v) is 11.6. The number of hydrogen-bond acceptors (Lipinski definition) is 2. The van der Waals surface area contributed by atoms with Crippen LogP contribution in [-0.4, -0.2) is 6.04 Å². The molecule has 1 rings (SSSR count). The Bertz CT molecular complexity index is 337. The van der Waals surface area contributed by atoms with Crippen LogP contribution in [0.3, 0.4) is 0 Å². The fourth-order valence-electron chi connectivity index (χ4n) is 2.04. The summed E-state index contributed by atoms with van der Waals surface area (Å²) in [6.45, 7) is 2.18. The third kappa shape index (κ3) is 4.92.